The summed E-state index contributed by atoms with van der Waals surface area (Å²) in [6, 6.07) is 3.71. The van der Waals surface area contributed by atoms with E-state index in [-0.39, 0.29) is 6.42 Å². The van der Waals surface area contributed by atoms with Gasteiger partial charge in [-0.25, -0.2) is 0 Å². The van der Waals surface area contributed by atoms with Crippen LogP contribution in [0.2, 0.25) is 0 Å². The zero-order valence-corrected chi connectivity index (χ0v) is 9.71. The molecule has 2 aromatic rings. The molecule has 0 saturated carbocycles. The molecule has 0 bridgehead atoms. The van der Waals surface area contributed by atoms with Gasteiger partial charge in [0.05, 0.1) is 12.1 Å². The van der Waals surface area contributed by atoms with E-state index in [1.165, 1.54) is 0 Å². The van der Waals surface area contributed by atoms with Gasteiger partial charge >= 0.3 is 5.97 Å². The van der Waals surface area contributed by atoms with Crippen LogP contribution in [0.3, 0.4) is 0 Å². The van der Waals surface area contributed by atoms with Crippen molar-refractivity contribution in [1.82, 2.24) is 14.8 Å². The summed E-state index contributed by atoms with van der Waals surface area (Å²) in [6.45, 7) is 1.92. The second-order valence-electron chi connectivity index (χ2n) is 3.84. The quantitative estimate of drug-likeness (QED) is 0.867. The van der Waals surface area contributed by atoms with E-state index in [9.17, 15) is 4.79 Å². The van der Waals surface area contributed by atoms with Gasteiger partial charge in [0.2, 0.25) is 0 Å². The van der Waals surface area contributed by atoms with Crippen molar-refractivity contribution in [2.45, 2.75) is 13.3 Å². The van der Waals surface area contributed by atoms with Crippen molar-refractivity contribution in [2.75, 3.05) is 0 Å². The molecule has 0 aliphatic heterocycles. The van der Waals surface area contributed by atoms with Gasteiger partial charge in [0.1, 0.15) is 0 Å². The van der Waals surface area contributed by atoms with E-state index < -0.39 is 5.97 Å². The van der Waals surface area contributed by atoms with Gasteiger partial charge in [-0.1, -0.05) is 0 Å². The topological polar surface area (TPSA) is 68.0 Å². The Hall–Kier alpha value is -2.17. The number of aliphatic carboxylic acids is 1. The Morgan fingerprint density at radius 3 is 2.65 bits per heavy atom. The predicted octanol–water partition coefficient (Wildman–Crippen LogP) is 1.42. The fourth-order valence-corrected chi connectivity index (χ4v) is 1.84. The van der Waals surface area contributed by atoms with Crippen molar-refractivity contribution in [2.24, 2.45) is 7.05 Å². The Morgan fingerprint density at radius 1 is 1.41 bits per heavy atom. The van der Waals surface area contributed by atoms with Gasteiger partial charge in [0.25, 0.3) is 0 Å². The van der Waals surface area contributed by atoms with Gasteiger partial charge in [0.15, 0.2) is 0 Å². The maximum absolute atomic E-state index is 10.8. The lowest BCUT2D eigenvalue weighted by molar-refractivity contribution is -0.136. The maximum atomic E-state index is 10.8. The summed E-state index contributed by atoms with van der Waals surface area (Å²) in [4.78, 5) is 14.8. The van der Waals surface area contributed by atoms with Gasteiger partial charge in [0, 0.05) is 30.7 Å². The molecule has 88 valence electrons. The van der Waals surface area contributed by atoms with Crippen LogP contribution in [0.1, 0.15) is 11.4 Å². The minimum Gasteiger partial charge on any atom is -0.481 e. The Kier molecular flexibility index (Phi) is 2.91. The molecule has 17 heavy (non-hydrogen) atoms. The average Bonchev–Trinajstić information content (AvgIpc) is 2.55. The molecule has 0 aliphatic rings. The highest BCUT2D eigenvalue weighted by molar-refractivity contribution is 5.76. The molecule has 2 aromatic heterocycles. The van der Waals surface area contributed by atoms with E-state index >= 15 is 0 Å². The predicted molar refractivity (Wildman–Crippen MR) is 62.5 cm³/mol. The zero-order chi connectivity index (χ0) is 12.4. The minimum absolute atomic E-state index is 0.0701. The van der Waals surface area contributed by atoms with Crippen LogP contribution in [0.4, 0.5) is 0 Å². The van der Waals surface area contributed by atoms with Gasteiger partial charge in [-0.2, -0.15) is 5.10 Å². The standard InChI is InChI=1S/C12H13N3O2/c1-8-12(9-3-5-13-6-4-9)10(7-11(16)17)14-15(8)2/h3-6H,7H2,1-2H3,(H,16,17). The molecule has 0 aromatic carbocycles. The molecule has 0 fully saturated rings. The highest BCUT2D eigenvalue weighted by Crippen LogP contribution is 2.26. The summed E-state index contributed by atoms with van der Waals surface area (Å²) >= 11 is 0. The Bertz CT molecular complexity index is 546. The number of aryl methyl sites for hydroxylation is 1. The number of pyridine rings is 1. The first-order valence-electron chi connectivity index (χ1n) is 5.24. The molecule has 2 heterocycles. The molecule has 0 atom stereocenters. The lowest BCUT2D eigenvalue weighted by Gasteiger charge is -2.02. The van der Waals surface area contributed by atoms with Crippen LogP contribution < -0.4 is 0 Å². The Morgan fingerprint density at radius 2 is 2.06 bits per heavy atom. The fourth-order valence-electron chi connectivity index (χ4n) is 1.84. The first-order chi connectivity index (χ1) is 8.09. The van der Waals surface area contributed by atoms with E-state index in [0.29, 0.717) is 5.69 Å². The largest absolute Gasteiger partial charge is 0.481 e. The van der Waals surface area contributed by atoms with Crippen molar-refractivity contribution in [1.29, 1.82) is 0 Å². The monoisotopic (exact) mass is 231 g/mol. The van der Waals surface area contributed by atoms with Crippen LogP contribution in [0.15, 0.2) is 24.5 Å². The molecular weight excluding hydrogens is 218 g/mol. The number of carboxylic acids is 1. The number of carboxylic acid groups (broad SMARTS) is 1. The van der Waals surface area contributed by atoms with Crippen molar-refractivity contribution in [3.63, 3.8) is 0 Å². The second-order valence-corrected chi connectivity index (χ2v) is 3.84. The van der Waals surface area contributed by atoms with Crippen LogP contribution in [-0.4, -0.2) is 25.8 Å². The molecule has 0 radical (unpaired) electrons. The SMILES string of the molecule is Cc1c(-c2ccncc2)c(CC(=O)O)nn1C. The first kappa shape index (κ1) is 11.3. The third-order valence-electron chi connectivity index (χ3n) is 2.69. The van der Waals surface area contributed by atoms with Gasteiger partial charge in [-0.15, -0.1) is 0 Å². The summed E-state index contributed by atoms with van der Waals surface area (Å²) in [7, 11) is 1.81. The fraction of sp³-hybridized carbons (Fsp3) is 0.250. The van der Waals surface area contributed by atoms with Gasteiger partial charge in [-0.3, -0.25) is 14.5 Å². The highest BCUT2D eigenvalue weighted by atomic mass is 16.4. The summed E-state index contributed by atoms with van der Waals surface area (Å²) in [5.74, 6) is -0.876. The van der Waals surface area contributed by atoms with Gasteiger partial charge in [-0.05, 0) is 24.6 Å². The number of hydrogen-bond acceptors (Lipinski definition) is 3. The lowest BCUT2D eigenvalue weighted by atomic mass is 10.0. The van der Waals surface area contributed by atoms with E-state index in [1.807, 2.05) is 26.1 Å². The summed E-state index contributed by atoms with van der Waals surface area (Å²) in [6.07, 6.45) is 3.30. The molecule has 0 aliphatic carbocycles. The van der Waals surface area contributed by atoms with Crippen LogP contribution in [0, 0.1) is 6.92 Å². The van der Waals surface area contributed by atoms with Crippen molar-refractivity contribution in [3.05, 3.63) is 35.9 Å². The summed E-state index contributed by atoms with van der Waals surface area (Å²) in [5.41, 5.74) is 3.37. The molecule has 5 heteroatoms. The second kappa shape index (κ2) is 4.37. The van der Waals surface area contributed by atoms with E-state index in [4.69, 9.17) is 5.11 Å². The number of rotatable bonds is 3. The zero-order valence-electron chi connectivity index (χ0n) is 9.71. The number of hydrogen-bond donors (Lipinski definition) is 1. The van der Waals surface area contributed by atoms with Crippen LogP contribution in [-0.2, 0) is 18.3 Å². The highest BCUT2D eigenvalue weighted by Gasteiger charge is 2.16. The third-order valence-corrected chi connectivity index (χ3v) is 2.69. The van der Waals surface area contributed by atoms with E-state index in [2.05, 4.69) is 10.1 Å². The molecule has 0 saturated heterocycles. The van der Waals surface area contributed by atoms with E-state index in [0.717, 1.165) is 16.8 Å². The molecule has 5 nitrogen and oxygen atoms in total. The number of aromatic nitrogens is 3. The van der Waals surface area contributed by atoms with Crippen molar-refractivity contribution < 1.29 is 9.90 Å². The van der Waals surface area contributed by atoms with Crippen molar-refractivity contribution in [3.8, 4) is 11.1 Å². The minimum atomic E-state index is -0.876. The molecule has 0 spiro atoms. The average molecular weight is 231 g/mol. The van der Waals surface area contributed by atoms with Crippen LogP contribution in [0.5, 0.6) is 0 Å². The molecular formula is C12H13N3O2. The molecule has 1 N–H and O–H groups in total. The Balaban J connectivity index is 2.55. The summed E-state index contributed by atoms with van der Waals surface area (Å²) in [5, 5.41) is 13.1. The number of carbonyl (C=O) groups is 1. The smallest absolute Gasteiger partial charge is 0.309 e. The van der Waals surface area contributed by atoms with Crippen molar-refractivity contribution >= 4 is 5.97 Å². The maximum Gasteiger partial charge on any atom is 0.309 e. The van der Waals surface area contributed by atoms with Gasteiger partial charge < -0.3 is 5.11 Å². The molecule has 0 amide bonds. The van der Waals surface area contributed by atoms with Crippen LogP contribution >= 0.6 is 0 Å². The number of nitrogens with zero attached hydrogens (tertiary/aromatic N) is 3. The lowest BCUT2D eigenvalue weighted by Crippen LogP contribution is -2.02. The normalized spacial score (nSPS) is 10.5. The third kappa shape index (κ3) is 2.18. The molecule has 2 rings (SSSR count). The van der Waals surface area contributed by atoms with E-state index in [1.54, 1.807) is 17.1 Å². The Labute approximate surface area is 98.7 Å². The first-order valence-corrected chi connectivity index (χ1v) is 5.24. The summed E-state index contributed by atoms with van der Waals surface area (Å²) < 4.78 is 1.70. The van der Waals surface area contributed by atoms with Crippen LogP contribution in [0.25, 0.3) is 11.1 Å². The molecule has 0 unspecified atom stereocenters.